The van der Waals surface area contributed by atoms with Crippen molar-refractivity contribution < 1.29 is 9.72 Å². The number of thiophene rings is 1. The second kappa shape index (κ2) is 2.81. The molecule has 0 saturated carbocycles. The topological polar surface area (TPSA) is 63.2 Å². The monoisotopic (exact) mass is 198 g/mol. The fraction of sp³-hybridized carbons (Fsp3) is 0.286. The first-order valence-corrected chi connectivity index (χ1v) is 4.58. The van der Waals surface area contributed by atoms with Crippen LogP contribution in [-0.2, 0) is 0 Å². The summed E-state index contributed by atoms with van der Waals surface area (Å²) in [6, 6.07) is 1.32. The van der Waals surface area contributed by atoms with E-state index in [1.807, 2.05) is 0 Å². The van der Waals surface area contributed by atoms with Gasteiger partial charge in [-0.1, -0.05) is 11.3 Å². The summed E-state index contributed by atoms with van der Waals surface area (Å²) in [6.45, 7) is 1.53. The first-order chi connectivity index (χ1) is 6.18. The van der Waals surface area contributed by atoms with Crippen LogP contribution < -0.4 is 0 Å². The maximum Gasteiger partial charge on any atom is 0.324 e. The van der Waals surface area contributed by atoms with Gasteiger partial charge in [-0.05, 0) is 0 Å². The summed E-state index contributed by atoms with van der Waals surface area (Å²) in [7, 11) is 0. The molecule has 0 spiro atoms. The van der Waals surface area contributed by atoms with Crippen molar-refractivity contribution in [2.75, 3.05) is 13.1 Å². The molecule has 0 radical (unpaired) electrons. The molecule has 1 saturated heterocycles. The number of carbonyl (C=O) groups is 1. The fourth-order valence-electron chi connectivity index (χ4n) is 0.968. The summed E-state index contributed by atoms with van der Waals surface area (Å²) in [5.41, 5.74) is 0.425. The van der Waals surface area contributed by atoms with Gasteiger partial charge in [-0.15, -0.1) is 0 Å². The number of carbonyl (C=O) groups excluding carboxylic acids is 1. The molecule has 1 aromatic heterocycles. The van der Waals surface area contributed by atoms with Gasteiger partial charge in [0.05, 0.1) is 10.5 Å². The van der Waals surface area contributed by atoms with Gasteiger partial charge >= 0.3 is 5.00 Å². The quantitative estimate of drug-likeness (QED) is 0.406. The van der Waals surface area contributed by atoms with Crippen molar-refractivity contribution in [1.82, 2.24) is 4.90 Å². The number of nitrogens with zero attached hydrogens (tertiary/aromatic N) is 2. The van der Waals surface area contributed by atoms with E-state index in [0.717, 1.165) is 24.4 Å². The van der Waals surface area contributed by atoms with Crippen molar-refractivity contribution in [2.45, 2.75) is 0 Å². The number of hydrogen-bond donors (Lipinski definition) is 0. The van der Waals surface area contributed by atoms with Crippen molar-refractivity contribution >= 4 is 22.2 Å². The lowest BCUT2D eigenvalue weighted by molar-refractivity contribution is -0.380. The molecule has 2 heterocycles. The Balaban J connectivity index is 2.21. The fourth-order valence-corrected chi connectivity index (χ4v) is 1.67. The van der Waals surface area contributed by atoms with Gasteiger partial charge in [-0.2, -0.15) is 0 Å². The number of hydrogen-bond acceptors (Lipinski definition) is 4. The molecule has 1 aliphatic heterocycles. The predicted octanol–water partition coefficient (Wildman–Crippen LogP) is 1.11. The molecule has 0 atom stereocenters. The van der Waals surface area contributed by atoms with E-state index in [2.05, 4.69) is 0 Å². The predicted molar refractivity (Wildman–Crippen MR) is 46.9 cm³/mol. The van der Waals surface area contributed by atoms with E-state index >= 15 is 0 Å². The Morgan fingerprint density at radius 3 is 2.77 bits per heavy atom. The molecule has 0 aliphatic carbocycles. The summed E-state index contributed by atoms with van der Waals surface area (Å²) in [5, 5.41) is 11.9. The summed E-state index contributed by atoms with van der Waals surface area (Å²) >= 11 is 0.985. The molecular formula is C7H6N2O3S. The molecule has 1 fully saturated rings. The van der Waals surface area contributed by atoms with E-state index in [9.17, 15) is 14.9 Å². The summed E-state index contributed by atoms with van der Waals surface area (Å²) in [6.07, 6.45) is 0. The Morgan fingerprint density at radius 2 is 2.31 bits per heavy atom. The Morgan fingerprint density at radius 1 is 1.62 bits per heavy atom. The van der Waals surface area contributed by atoms with Crippen LogP contribution >= 0.6 is 11.3 Å². The zero-order valence-corrected chi connectivity index (χ0v) is 7.41. The van der Waals surface area contributed by atoms with Gasteiger partial charge in [-0.3, -0.25) is 14.9 Å². The third-order valence-electron chi connectivity index (χ3n) is 1.75. The average Bonchev–Trinajstić information content (AvgIpc) is 2.81. The highest BCUT2D eigenvalue weighted by molar-refractivity contribution is 7.13. The maximum absolute atomic E-state index is 11.4. The van der Waals surface area contributed by atoms with Gasteiger partial charge in [0.15, 0.2) is 0 Å². The number of nitro groups is 1. The molecule has 0 N–H and O–H groups in total. The second-order valence-corrected chi connectivity index (χ2v) is 3.61. The van der Waals surface area contributed by atoms with Gasteiger partial charge < -0.3 is 4.90 Å². The first-order valence-electron chi connectivity index (χ1n) is 3.70. The Labute approximate surface area is 77.7 Å². The Bertz CT molecular complexity index is 370. The Kier molecular flexibility index (Phi) is 1.77. The van der Waals surface area contributed by atoms with Crippen molar-refractivity contribution in [2.24, 2.45) is 0 Å². The van der Waals surface area contributed by atoms with Gasteiger partial charge in [0.1, 0.15) is 0 Å². The summed E-state index contributed by atoms with van der Waals surface area (Å²) in [5.74, 6) is -0.107. The largest absolute Gasteiger partial charge is 0.335 e. The van der Waals surface area contributed by atoms with E-state index in [1.165, 1.54) is 11.4 Å². The SMILES string of the molecule is O=C(c1csc([N+](=O)[O-])c1)N1CC1. The minimum absolute atomic E-state index is 0.0187. The lowest BCUT2D eigenvalue weighted by Crippen LogP contribution is -2.08. The molecule has 68 valence electrons. The van der Waals surface area contributed by atoms with Crippen LogP contribution in [0.4, 0.5) is 5.00 Å². The number of rotatable bonds is 2. The number of amides is 1. The Hall–Kier alpha value is -1.43. The molecule has 0 unspecified atom stereocenters. The molecule has 5 nitrogen and oxygen atoms in total. The summed E-state index contributed by atoms with van der Waals surface area (Å²) in [4.78, 5) is 22.8. The maximum atomic E-state index is 11.4. The molecule has 1 aliphatic rings. The minimum atomic E-state index is -0.482. The smallest absolute Gasteiger partial charge is 0.324 e. The van der Waals surface area contributed by atoms with Crippen LogP contribution in [0.25, 0.3) is 0 Å². The third kappa shape index (κ3) is 1.52. The molecule has 1 amide bonds. The first kappa shape index (κ1) is 8.18. The van der Waals surface area contributed by atoms with Crippen LogP contribution in [0.15, 0.2) is 11.4 Å². The van der Waals surface area contributed by atoms with E-state index in [0.29, 0.717) is 5.56 Å². The lowest BCUT2D eigenvalue weighted by atomic mass is 10.3. The van der Waals surface area contributed by atoms with Crippen molar-refractivity contribution in [3.63, 3.8) is 0 Å². The van der Waals surface area contributed by atoms with Gasteiger partial charge in [0.25, 0.3) is 5.91 Å². The van der Waals surface area contributed by atoms with Crippen molar-refractivity contribution in [3.05, 3.63) is 27.1 Å². The average molecular weight is 198 g/mol. The second-order valence-electron chi connectivity index (χ2n) is 2.72. The summed E-state index contributed by atoms with van der Waals surface area (Å²) < 4.78 is 0. The van der Waals surface area contributed by atoms with Gasteiger partial charge in [0.2, 0.25) is 0 Å². The molecule has 0 bridgehead atoms. The molecule has 2 rings (SSSR count). The van der Waals surface area contributed by atoms with Crippen LogP contribution in [-0.4, -0.2) is 28.8 Å². The van der Waals surface area contributed by atoms with Crippen LogP contribution in [0.1, 0.15) is 10.4 Å². The highest BCUT2D eigenvalue weighted by atomic mass is 32.1. The third-order valence-corrected chi connectivity index (χ3v) is 2.63. The normalized spacial score (nSPS) is 14.3. The van der Waals surface area contributed by atoms with Crippen LogP contribution in [0.5, 0.6) is 0 Å². The van der Waals surface area contributed by atoms with Crippen LogP contribution in [0.2, 0.25) is 0 Å². The minimum Gasteiger partial charge on any atom is -0.335 e. The van der Waals surface area contributed by atoms with E-state index in [4.69, 9.17) is 0 Å². The zero-order chi connectivity index (χ0) is 9.42. The lowest BCUT2D eigenvalue weighted by Gasteiger charge is -1.94. The molecule has 13 heavy (non-hydrogen) atoms. The van der Waals surface area contributed by atoms with E-state index < -0.39 is 4.92 Å². The van der Waals surface area contributed by atoms with Crippen LogP contribution in [0.3, 0.4) is 0 Å². The van der Waals surface area contributed by atoms with Crippen molar-refractivity contribution in [1.29, 1.82) is 0 Å². The van der Waals surface area contributed by atoms with Gasteiger partial charge in [0, 0.05) is 24.5 Å². The molecule has 0 aromatic carbocycles. The molecular weight excluding hydrogens is 192 g/mol. The van der Waals surface area contributed by atoms with E-state index in [-0.39, 0.29) is 10.9 Å². The highest BCUT2D eigenvalue weighted by Gasteiger charge is 2.27. The zero-order valence-electron chi connectivity index (χ0n) is 6.60. The standard InChI is InChI=1S/C7H6N2O3S/c10-7(8-1-2-8)5-3-6(9(11)12)13-4-5/h3-4H,1-2H2. The van der Waals surface area contributed by atoms with Crippen LogP contribution in [0, 0.1) is 10.1 Å². The highest BCUT2D eigenvalue weighted by Crippen LogP contribution is 2.24. The van der Waals surface area contributed by atoms with Gasteiger partial charge in [-0.25, -0.2) is 0 Å². The molecule has 1 aromatic rings. The van der Waals surface area contributed by atoms with Crippen molar-refractivity contribution in [3.8, 4) is 0 Å². The van der Waals surface area contributed by atoms with E-state index in [1.54, 1.807) is 4.90 Å². The molecule has 6 heteroatoms.